The van der Waals surface area contributed by atoms with Gasteiger partial charge in [0.05, 0.1) is 16.6 Å². The number of halogens is 2. The molecule has 1 aromatic rings. The fourth-order valence-electron chi connectivity index (χ4n) is 2.55. The predicted octanol–water partition coefficient (Wildman–Crippen LogP) is 3.91. The summed E-state index contributed by atoms with van der Waals surface area (Å²) in [4.78, 5) is 14.4. The SMILES string of the molecule is CC1CC(C)N(CC(=O)c2ccc(Cl)c(Cl)c2)C1. The Morgan fingerprint density at radius 1 is 1.33 bits per heavy atom. The lowest BCUT2D eigenvalue weighted by atomic mass is 10.1. The standard InChI is InChI=1S/C14H17Cl2NO/c1-9-5-10(2)17(7-9)8-14(18)11-3-4-12(15)13(16)6-11/h3-4,6,9-10H,5,7-8H2,1-2H3. The van der Waals surface area contributed by atoms with Gasteiger partial charge in [-0.05, 0) is 37.5 Å². The molecule has 1 aliphatic rings. The van der Waals surface area contributed by atoms with Crippen molar-refractivity contribution in [1.82, 2.24) is 4.90 Å². The van der Waals surface area contributed by atoms with Crippen LogP contribution in [-0.4, -0.2) is 29.8 Å². The maximum Gasteiger partial charge on any atom is 0.176 e. The summed E-state index contributed by atoms with van der Waals surface area (Å²) in [7, 11) is 0. The number of hydrogen-bond donors (Lipinski definition) is 0. The maximum atomic E-state index is 12.2. The van der Waals surface area contributed by atoms with E-state index in [-0.39, 0.29) is 5.78 Å². The number of carbonyl (C=O) groups excluding carboxylic acids is 1. The van der Waals surface area contributed by atoms with Crippen molar-refractivity contribution in [2.45, 2.75) is 26.3 Å². The van der Waals surface area contributed by atoms with Crippen LogP contribution in [0, 0.1) is 5.92 Å². The number of benzene rings is 1. The van der Waals surface area contributed by atoms with E-state index in [1.165, 1.54) is 0 Å². The van der Waals surface area contributed by atoms with E-state index in [0.29, 0.717) is 34.1 Å². The van der Waals surface area contributed by atoms with Crippen LogP contribution in [-0.2, 0) is 0 Å². The molecule has 0 saturated carbocycles. The van der Waals surface area contributed by atoms with E-state index in [2.05, 4.69) is 18.7 Å². The number of likely N-dealkylation sites (tertiary alicyclic amines) is 1. The molecule has 0 aliphatic carbocycles. The topological polar surface area (TPSA) is 20.3 Å². The summed E-state index contributed by atoms with van der Waals surface area (Å²) in [5.74, 6) is 0.774. The summed E-state index contributed by atoms with van der Waals surface area (Å²) in [6.07, 6.45) is 1.16. The first-order valence-corrected chi connectivity index (χ1v) is 6.95. The van der Waals surface area contributed by atoms with Crippen molar-refractivity contribution in [2.75, 3.05) is 13.1 Å². The first-order valence-electron chi connectivity index (χ1n) is 6.19. The highest BCUT2D eigenvalue weighted by atomic mass is 35.5. The normalized spacial score (nSPS) is 24.4. The molecular formula is C14H17Cl2NO. The maximum absolute atomic E-state index is 12.2. The molecule has 0 bridgehead atoms. The molecule has 1 aromatic carbocycles. The quantitative estimate of drug-likeness (QED) is 0.785. The Labute approximate surface area is 118 Å². The Hall–Kier alpha value is -0.570. The number of rotatable bonds is 3. The van der Waals surface area contributed by atoms with Gasteiger partial charge in [-0.2, -0.15) is 0 Å². The molecule has 0 radical (unpaired) electrons. The molecule has 0 spiro atoms. The molecule has 1 fully saturated rings. The second-order valence-corrected chi connectivity index (χ2v) is 5.99. The van der Waals surface area contributed by atoms with Gasteiger partial charge in [-0.15, -0.1) is 0 Å². The van der Waals surface area contributed by atoms with E-state index in [1.807, 2.05) is 0 Å². The van der Waals surface area contributed by atoms with Gasteiger partial charge in [0.25, 0.3) is 0 Å². The van der Waals surface area contributed by atoms with Gasteiger partial charge in [0.15, 0.2) is 5.78 Å². The smallest absolute Gasteiger partial charge is 0.176 e. The monoisotopic (exact) mass is 285 g/mol. The molecule has 2 nitrogen and oxygen atoms in total. The van der Waals surface area contributed by atoms with Crippen LogP contribution in [0.15, 0.2) is 18.2 Å². The second kappa shape index (κ2) is 5.60. The van der Waals surface area contributed by atoms with Gasteiger partial charge in [0, 0.05) is 18.2 Å². The van der Waals surface area contributed by atoms with Crippen LogP contribution in [0.5, 0.6) is 0 Å². The van der Waals surface area contributed by atoms with Crippen LogP contribution in [0.4, 0.5) is 0 Å². The van der Waals surface area contributed by atoms with E-state index < -0.39 is 0 Å². The lowest BCUT2D eigenvalue weighted by molar-refractivity contribution is 0.0925. The third kappa shape index (κ3) is 3.05. The second-order valence-electron chi connectivity index (χ2n) is 5.17. The summed E-state index contributed by atoms with van der Waals surface area (Å²) in [6.45, 7) is 5.85. The molecule has 1 aliphatic heterocycles. The average Bonchev–Trinajstić information content (AvgIpc) is 2.61. The Bertz CT molecular complexity index is 461. The molecule has 2 atom stereocenters. The molecule has 98 valence electrons. The zero-order valence-electron chi connectivity index (χ0n) is 10.6. The van der Waals surface area contributed by atoms with Crippen molar-refractivity contribution in [3.8, 4) is 0 Å². The zero-order chi connectivity index (χ0) is 13.3. The van der Waals surface area contributed by atoms with Crippen LogP contribution in [0.25, 0.3) is 0 Å². The number of ketones is 1. The lowest BCUT2D eigenvalue weighted by Crippen LogP contribution is -2.32. The number of carbonyl (C=O) groups is 1. The van der Waals surface area contributed by atoms with Crippen molar-refractivity contribution >= 4 is 29.0 Å². The third-order valence-corrected chi connectivity index (χ3v) is 4.24. The lowest BCUT2D eigenvalue weighted by Gasteiger charge is -2.20. The summed E-state index contributed by atoms with van der Waals surface area (Å²) < 4.78 is 0. The molecule has 0 amide bonds. The van der Waals surface area contributed by atoms with E-state index in [9.17, 15) is 4.79 Å². The minimum Gasteiger partial charge on any atom is -0.293 e. The van der Waals surface area contributed by atoms with Gasteiger partial charge in [-0.25, -0.2) is 0 Å². The Morgan fingerprint density at radius 3 is 2.61 bits per heavy atom. The molecule has 0 aromatic heterocycles. The van der Waals surface area contributed by atoms with Gasteiger partial charge in [0.2, 0.25) is 0 Å². The van der Waals surface area contributed by atoms with Crippen LogP contribution >= 0.6 is 23.2 Å². The van der Waals surface area contributed by atoms with E-state index >= 15 is 0 Å². The minimum atomic E-state index is 0.106. The summed E-state index contributed by atoms with van der Waals surface area (Å²) >= 11 is 11.8. The summed E-state index contributed by atoms with van der Waals surface area (Å²) in [5, 5.41) is 0.918. The molecule has 1 saturated heterocycles. The summed E-state index contributed by atoms with van der Waals surface area (Å²) in [6, 6.07) is 5.54. The van der Waals surface area contributed by atoms with Crippen LogP contribution in [0.1, 0.15) is 30.6 Å². The molecular weight excluding hydrogens is 269 g/mol. The first-order chi connectivity index (χ1) is 8.47. The number of hydrogen-bond acceptors (Lipinski definition) is 2. The highest BCUT2D eigenvalue weighted by Gasteiger charge is 2.27. The highest BCUT2D eigenvalue weighted by molar-refractivity contribution is 6.42. The van der Waals surface area contributed by atoms with E-state index in [4.69, 9.17) is 23.2 Å². The largest absolute Gasteiger partial charge is 0.293 e. The molecule has 2 rings (SSSR count). The predicted molar refractivity (Wildman–Crippen MR) is 75.6 cm³/mol. The van der Waals surface area contributed by atoms with Crippen LogP contribution in [0.3, 0.4) is 0 Å². The fourth-order valence-corrected chi connectivity index (χ4v) is 2.85. The van der Waals surface area contributed by atoms with Gasteiger partial charge in [-0.3, -0.25) is 9.69 Å². The fraction of sp³-hybridized carbons (Fsp3) is 0.500. The van der Waals surface area contributed by atoms with Crippen molar-refractivity contribution in [3.63, 3.8) is 0 Å². The highest BCUT2D eigenvalue weighted by Crippen LogP contribution is 2.25. The molecule has 2 unspecified atom stereocenters. The Kier molecular flexibility index (Phi) is 4.31. The summed E-state index contributed by atoms with van der Waals surface area (Å²) in [5.41, 5.74) is 0.635. The number of Topliss-reactive ketones (excluding diaryl/α,β-unsaturated/α-hetero) is 1. The molecule has 0 N–H and O–H groups in total. The van der Waals surface area contributed by atoms with Crippen LogP contribution in [0.2, 0.25) is 10.0 Å². The van der Waals surface area contributed by atoms with Crippen molar-refractivity contribution in [1.29, 1.82) is 0 Å². The third-order valence-electron chi connectivity index (χ3n) is 3.50. The number of nitrogens with zero attached hydrogens (tertiary/aromatic N) is 1. The average molecular weight is 286 g/mol. The van der Waals surface area contributed by atoms with Gasteiger partial charge < -0.3 is 0 Å². The van der Waals surface area contributed by atoms with Crippen molar-refractivity contribution in [3.05, 3.63) is 33.8 Å². The van der Waals surface area contributed by atoms with Crippen molar-refractivity contribution < 1.29 is 4.79 Å². The Morgan fingerprint density at radius 2 is 2.06 bits per heavy atom. The van der Waals surface area contributed by atoms with E-state index in [1.54, 1.807) is 18.2 Å². The van der Waals surface area contributed by atoms with Gasteiger partial charge in [-0.1, -0.05) is 30.1 Å². The molecule has 1 heterocycles. The molecule has 18 heavy (non-hydrogen) atoms. The molecule has 4 heteroatoms. The first kappa shape index (κ1) is 13.9. The minimum absolute atomic E-state index is 0.106. The Balaban J connectivity index is 2.05. The zero-order valence-corrected chi connectivity index (χ0v) is 12.1. The van der Waals surface area contributed by atoms with Gasteiger partial charge >= 0.3 is 0 Å². The van der Waals surface area contributed by atoms with Crippen molar-refractivity contribution in [2.24, 2.45) is 5.92 Å². The van der Waals surface area contributed by atoms with E-state index in [0.717, 1.165) is 13.0 Å². The van der Waals surface area contributed by atoms with Crippen LogP contribution < -0.4 is 0 Å². The van der Waals surface area contributed by atoms with Gasteiger partial charge in [0.1, 0.15) is 0 Å².